The molecule has 0 aliphatic heterocycles. The maximum Gasteiger partial charge on any atom is 0.263 e. The zero-order chi connectivity index (χ0) is 25.2. The normalized spacial score (nSPS) is 11.5. The van der Waals surface area contributed by atoms with E-state index >= 15 is 0 Å². The largest absolute Gasteiger partial charge is 0.497 e. The van der Waals surface area contributed by atoms with Gasteiger partial charge in [0.25, 0.3) is 10.0 Å². The monoisotopic (exact) mass is 496 g/mol. The van der Waals surface area contributed by atoms with Crippen LogP contribution >= 0.6 is 0 Å². The van der Waals surface area contributed by atoms with Crippen molar-refractivity contribution in [2.45, 2.75) is 31.6 Å². The van der Waals surface area contributed by atoms with Crippen molar-refractivity contribution in [3.05, 3.63) is 70.8 Å². The van der Waals surface area contributed by atoms with E-state index in [0.717, 1.165) is 28.7 Å². The molecule has 0 atom stereocenters. The SMILES string of the molecule is CCc1c(C)c(OC)c2c(NS(=O)(=O)c3ccccc3)noc2c1Cc1ccc(OC)cc1OC. The van der Waals surface area contributed by atoms with Gasteiger partial charge < -0.3 is 18.7 Å². The Bertz CT molecular complexity index is 1460. The molecule has 0 amide bonds. The molecule has 0 bridgehead atoms. The zero-order valence-corrected chi connectivity index (χ0v) is 21.2. The number of rotatable bonds is 9. The van der Waals surface area contributed by atoms with Crippen LogP contribution in [0.1, 0.15) is 29.2 Å². The minimum atomic E-state index is -3.88. The smallest absolute Gasteiger partial charge is 0.263 e. The van der Waals surface area contributed by atoms with E-state index in [4.69, 9.17) is 18.7 Å². The molecule has 3 aromatic carbocycles. The van der Waals surface area contributed by atoms with Crippen molar-refractivity contribution in [1.82, 2.24) is 5.16 Å². The van der Waals surface area contributed by atoms with Gasteiger partial charge in [-0.25, -0.2) is 8.42 Å². The predicted octanol–water partition coefficient (Wildman–Crippen LogP) is 5.12. The first-order valence-corrected chi connectivity index (χ1v) is 12.6. The van der Waals surface area contributed by atoms with Gasteiger partial charge in [0, 0.05) is 18.1 Å². The second-order valence-electron chi connectivity index (χ2n) is 7.98. The van der Waals surface area contributed by atoms with Crippen LogP contribution in [0, 0.1) is 6.92 Å². The number of fused-ring (bicyclic) bond motifs is 1. The third kappa shape index (κ3) is 4.51. The number of methoxy groups -OCH3 is 3. The Balaban J connectivity index is 1.89. The maximum atomic E-state index is 13.0. The van der Waals surface area contributed by atoms with Crippen LogP contribution in [0.3, 0.4) is 0 Å². The van der Waals surface area contributed by atoms with Crippen LogP contribution in [0.25, 0.3) is 11.0 Å². The van der Waals surface area contributed by atoms with Gasteiger partial charge in [-0.15, -0.1) is 0 Å². The number of benzene rings is 3. The average molecular weight is 497 g/mol. The highest BCUT2D eigenvalue weighted by molar-refractivity contribution is 7.92. The van der Waals surface area contributed by atoms with Crippen molar-refractivity contribution in [2.75, 3.05) is 26.1 Å². The standard InChI is InChI=1S/C26H28N2O6S/c1-6-20-16(2)24(33-5)23-25(21(20)14-17-12-13-18(31-3)15-22(17)32-4)34-27-26(23)28-35(29,30)19-10-8-7-9-11-19/h7-13,15H,6,14H2,1-5H3,(H,27,28). The van der Waals surface area contributed by atoms with E-state index < -0.39 is 10.0 Å². The van der Waals surface area contributed by atoms with Crippen LogP contribution in [0.15, 0.2) is 57.9 Å². The summed E-state index contributed by atoms with van der Waals surface area (Å²) in [6.07, 6.45) is 1.20. The summed E-state index contributed by atoms with van der Waals surface area (Å²) < 4.78 is 51.0. The second-order valence-corrected chi connectivity index (χ2v) is 9.66. The summed E-state index contributed by atoms with van der Waals surface area (Å²) in [6.45, 7) is 4.01. The predicted molar refractivity (Wildman–Crippen MR) is 134 cm³/mol. The average Bonchev–Trinajstić information content (AvgIpc) is 3.27. The summed E-state index contributed by atoms with van der Waals surface area (Å²) in [6, 6.07) is 13.8. The summed E-state index contributed by atoms with van der Waals surface area (Å²) in [5.41, 5.74) is 4.22. The fourth-order valence-corrected chi connectivity index (χ4v) is 5.39. The summed E-state index contributed by atoms with van der Waals surface area (Å²) in [5.74, 6) is 1.97. The Hall–Kier alpha value is -3.72. The number of anilines is 1. The topological polar surface area (TPSA) is 99.9 Å². The molecule has 8 nitrogen and oxygen atoms in total. The molecular weight excluding hydrogens is 468 g/mol. The van der Waals surface area contributed by atoms with Gasteiger partial charge in [-0.2, -0.15) is 0 Å². The Morgan fingerprint density at radius 1 is 0.971 bits per heavy atom. The zero-order valence-electron chi connectivity index (χ0n) is 20.3. The minimum Gasteiger partial charge on any atom is -0.497 e. The third-order valence-electron chi connectivity index (χ3n) is 6.05. The molecule has 9 heteroatoms. The van der Waals surface area contributed by atoms with E-state index in [9.17, 15) is 8.42 Å². The fourth-order valence-electron chi connectivity index (χ4n) is 4.36. The van der Waals surface area contributed by atoms with E-state index in [0.29, 0.717) is 34.6 Å². The number of hydrogen-bond acceptors (Lipinski definition) is 7. The van der Waals surface area contributed by atoms with Crippen LogP contribution in [-0.4, -0.2) is 34.9 Å². The highest BCUT2D eigenvalue weighted by Crippen LogP contribution is 2.42. The number of hydrogen-bond donors (Lipinski definition) is 1. The van der Waals surface area contributed by atoms with Gasteiger partial charge in [0.05, 0.1) is 26.2 Å². The van der Waals surface area contributed by atoms with Crippen molar-refractivity contribution in [3.8, 4) is 17.2 Å². The minimum absolute atomic E-state index is 0.0782. The number of sulfonamides is 1. The Morgan fingerprint density at radius 3 is 2.34 bits per heavy atom. The fraction of sp³-hybridized carbons (Fsp3) is 0.269. The van der Waals surface area contributed by atoms with Crippen LogP contribution in [0.2, 0.25) is 0 Å². The van der Waals surface area contributed by atoms with E-state index in [1.807, 2.05) is 25.1 Å². The lowest BCUT2D eigenvalue weighted by Crippen LogP contribution is -2.13. The summed E-state index contributed by atoms with van der Waals surface area (Å²) >= 11 is 0. The van der Waals surface area contributed by atoms with E-state index in [2.05, 4.69) is 16.8 Å². The summed E-state index contributed by atoms with van der Waals surface area (Å²) in [7, 11) is 0.885. The quantitative estimate of drug-likeness (QED) is 0.343. The molecular formula is C26H28N2O6S. The molecule has 35 heavy (non-hydrogen) atoms. The van der Waals surface area contributed by atoms with Crippen LogP contribution in [0.5, 0.6) is 17.2 Å². The molecule has 0 unspecified atom stereocenters. The summed E-state index contributed by atoms with van der Waals surface area (Å²) in [5, 5.41) is 4.58. The van der Waals surface area contributed by atoms with E-state index in [1.165, 1.54) is 12.1 Å². The van der Waals surface area contributed by atoms with Crippen molar-refractivity contribution in [2.24, 2.45) is 0 Å². The number of nitrogens with one attached hydrogen (secondary N) is 1. The Kier molecular flexibility index (Phi) is 6.88. The number of aromatic nitrogens is 1. The van der Waals surface area contributed by atoms with Crippen molar-refractivity contribution in [3.63, 3.8) is 0 Å². The summed E-state index contributed by atoms with van der Waals surface area (Å²) in [4.78, 5) is 0.125. The second kappa shape index (κ2) is 9.87. The molecule has 0 spiro atoms. The van der Waals surface area contributed by atoms with Crippen LogP contribution in [0.4, 0.5) is 5.82 Å². The molecule has 1 heterocycles. The first-order valence-electron chi connectivity index (χ1n) is 11.1. The molecule has 0 aliphatic rings. The first-order chi connectivity index (χ1) is 16.8. The third-order valence-corrected chi connectivity index (χ3v) is 7.41. The maximum absolute atomic E-state index is 13.0. The lowest BCUT2D eigenvalue weighted by molar-refractivity contribution is 0.391. The van der Waals surface area contributed by atoms with Crippen molar-refractivity contribution < 1.29 is 27.2 Å². The molecule has 4 rings (SSSR count). The first kappa shape index (κ1) is 24.4. The molecule has 0 saturated heterocycles. The molecule has 0 radical (unpaired) electrons. The van der Waals surface area contributed by atoms with Gasteiger partial charge in [0.1, 0.15) is 22.6 Å². The lowest BCUT2D eigenvalue weighted by Gasteiger charge is -2.17. The van der Waals surface area contributed by atoms with Crippen molar-refractivity contribution >= 4 is 26.8 Å². The molecule has 0 saturated carbocycles. The van der Waals surface area contributed by atoms with Crippen LogP contribution < -0.4 is 18.9 Å². The molecule has 1 N–H and O–H groups in total. The van der Waals surface area contributed by atoms with Gasteiger partial charge in [0.2, 0.25) is 0 Å². The van der Waals surface area contributed by atoms with Crippen LogP contribution in [-0.2, 0) is 22.9 Å². The van der Waals surface area contributed by atoms with E-state index in [1.54, 1.807) is 39.5 Å². The molecule has 184 valence electrons. The highest BCUT2D eigenvalue weighted by atomic mass is 32.2. The van der Waals surface area contributed by atoms with E-state index in [-0.39, 0.29) is 10.7 Å². The highest BCUT2D eigenvalue weighted by Gasteiger charge is 2.27. The molecule has 4 aromatic rings. The van der Waals surface area contributed by atoms with Gasteiger partial charge in [-0.1, -0.05) is 36.3 Å². The molecule has 1 aromatic heterocycles. The van der Waals surface area contributed by atoms with Gasteiger partial charge in [0.15, 0.2) is 11.4 Å². The van der Waals surface area contributed by atoms with Crippen molar-refractivity contribution in [1.29, 1.82) is 0 Å². The van der Waals surface area contributed by atoms with Gasteiger partial charge in [-0.05, 0) is 48.2 Å². The Labute approximate surface area is 204 Å². The molecule has 0 aliphatic carbocycles. The lowest BCUT2D eigenvalue weighted by atomic mass is 9.91. The number of nitrogens with zero attached hydrogens (tertiary/aromatic N) is 1. The van der Waals surface area contributed by atoms with Gasteiger partial charge in [-0.3, -0.25) is 4.72 Å². The number of ether oxygens (including phenoxy) is 3. The Morgan fingerprint density at radius 2 is 1.71 bits per heavy atom. The van der Waals surface area contributed by atoms with Gasteiger partial charge >= 0.3 is 0 Å². The molecule has 0 fully saturated rings.